The van der Waals surface area contributed by atoms with Crippen molar-refractivity contribution < 1.29 is 14.3 Å². The summed E-state index contributed by atoms with van der Waals surface area (Å²) < 4.78 is 11.2. The van der Waals surface area contributed by atoms with Crippen LogP contribution in [0.3, 0.4) is 0 Å². The number of rotatable bonds is 6. The molecule has 20 heavy (non-hydrogen) atoms. The molecule has 1 aliphatic heterocycles. The molecule has 0 saturated carbocycles. The van der Waals surface area contributed by atoms with E-state index in [-0.39, 0.29) is 5.91 Å². The van der Waals surface area contributed by atoms with E-state index in [1.54, 1.807) is 18.8 Å². The molecule has 2 rings (SSSR count). The average Bonchev–Trinajstić information content (AvgIpc) is 2.50. The van der Waals surface area contributed by atoms with Crippen LogP contribution in [-0.2, 0) is 11.3 Å². The first-order valence-electron chi connectivity index (χ1n) is 6.62. The molecule has 0 aliphatic carbocycles. The molecule has 0 saturated heterocycles. The van der Waals surface area contributed by atoms with E-state index in [0.29, 0.717) is 32.7 Å². The Morgan fingerprint density at radius 3 is 2.65 bits per heavy atom. The van der Waals surface area contributed by atoms with Gasteiger partial charge in [0.05, 0.1) is 0 Å². The molecule has 0 bridgehead atoms. The van der Waals surface area contributed by atoms with Crippen molar-refractivity contribution in [3.63, 3.8) is 0 Å². The van der Waals surface area contributed by atoms with Crippen LogP contribution < -0.4 is 20.1 Å². The SMILES string of the molecule is CNC(=O)CCNCc1cc2c(cc1SC)OCCO2. The lowest BCUT2D eigenvalue weighted by Crippen LogP contribution is -2.24. The van der Waals surface area contributed by atoms with E-state index in [9.17, 15) is 4.79 Å². The molecule has 1 amide bonds. The van der Waals surface area contributed by atoms with E-state index < -0.39 is 0 Å². The van der Waals surface area contributed by atoms with E-state index in [1.165, 1.54) is 10.5 Å². The van der Waals surface area contributed by atoms with E-state index in [1.807, 2.05) is 18.4 Å². The standard InChI is InChI=1S/C14H20N2O3S/c1-15-14(17)3-4-16-9-10-7-11-12(8-13(10)20-2)19-6-5-18-11/h7-8,16H,3-6,9H2,1-2H3,(H,15,17). The minimum absolute atomic E-state index is 0.0461. The van der Waals surface area contributed by atoms with Gasteiger partial charge in [-0.05, 0) is 24.0 Å². The molecular weight excluding hydrogens is 276 g/mol. The summed E-state index contributed by atoms with van der Waals surface area (Å²) in [5.41, 5.74) is 1.17. The first-order chi connectivity index (χ1) is 9.74. The first kappa shape index (κ1) is 15.0. The summed E-state index contributed by atoms with van der Waals surface area (Å²) in [4.78, 5) is 12.3. The highest BCUT2D eigenvalue weighted by Crippen LogP contribution is 2.36. The van der Waals surface area contributed by atoms with E-state index in [0.717, 1.165) is 11.5 Å². The molecule has 0 atom stereocenters. The van der Waals surface area contributed by atoms with Gasteiger partial charge in [0, 0.05) is 31.5 Å². The molecule has 0 spiro atoms. The van der Waals surface area contributed by atoms with Crippen LogP contribution in [0.1, 0.15) is 12.0 Å². The smallest absolute Gasteiger partial charge is 0.221 e. The van der Waals surface area contributed by atoms with E-state index in [2.05, 4.69) is 10.6 Å². The van der Waals surface area contributed by atoms with Crippen LogP contribution in [0.25, 0.3) is 0 Å². The number of carbonyl (C=O) groups excluding carboxylic acids is 1. The van der Waals surface area contributed by atoms with Gasteiger partial charge in [0.1, 0.15) is 13.2 Å². The average molecular weight is 296 g/mol. The maximum Gasteiger partial charge on any atom is 0.221 e. The fraction of sp³-hybridized carbons (Fsp3) is 0.500. The summed E-state index contributed by atoms with van der Waals surface area (Å²) in [6, 6.07) is 4.04. The van der Waals surface area contributed by atoms with Crippen LogP contribution in [0.5, 0.6) is 11.5 Å². The van der Waals surface area contributed by atoms with Gasteiger partial charge in [-0.3, -0.25) is 4.79 Å². The molecule has 1 aromatic rings. The van der Waals surface area contributed by atoms with Gasteiger partial charge in [-0.2, -0.15) is 0 Å². The molecule has 0 unspecified atom stereocenters. The van der Waals surface area contributed by atoms with Crippen molar-refractivity contribution in [2.24, 2.45) is 0 Å². The topological polar surface area (TPSA) is 59.6 Å². The third-order valence-electron chi connectivity index (χ3n) is 3.07. The Morgan fingerprint density at radius 1 is 1.30 bits per heavy atom. The van der Waals surface area contributed by atoms with Crippen molar-refractivity contribution in [2.45, 2.75) is 17.9 Å². The minimum Gasteiger partial charge on any atom is -0.486 e. The fourth-order valence-electron chi connectivity index (χ4n) is 1.99. The Kier molecular flexibility index (Phi) is 5.55. The summed E-state index contributed by atoms with van der Waals surface area (Å²) >= 11 is 1.68. The zero-order chi connectivity index (χ0) is 14.4. The van der Waals surface area contributed by atoms with Crippen molar-refractivity contribution in [1.29, 1.82) is 0 Å². The molecule has 1 heterocycles. The molecule has 2 N–H and O–H groups in total. The molecule has 110 valence electrons. The molecule has 1 aliphatic rings. The second-order valence-electron chi connectivity index (χ2n) is 4.41. The van der Waals surface area contributed by atoms with Crippen molar-refractivity contribution >= 4 is 17.7 Å². The summed E-state index contributed by atoms with van der Waals surface area (Å²) in [5.74, 6) is 1.66. The van der Waals surface area contributed by atoms with Gasteiger partial charge in [0.25, 0.3) is 0 Å². The van der Waals surface area contributed by atoms with Crippen molar-refractivity contribution in [3.05, 3.63) is 17.7 Å². The van der Waals surface area contributed by atoms with Crippen molar-refractivity contribution in [1.82, 2.24) is 10.6 Å². The molecule has 5 nitrogen and oxygen atoms in total. The minimum atomic E-state index is 0.0461. The van der Waals surface area contributed by atoms with Crippen LogP contribution >= 0.6 is 11.8 Å². The number of hydrogen-bond acceptors (Lipinski definition) is 5. The Hall–Kier alpha value is -1.40. The number of benzene rings is 1. The molecule has 6 heteroatoms. The Morgan fingerprint density at radius 2 is 2.00 bits per heavy atom. The molecule has 1 aromatic carbocycles. The monoisotopic (exact) mass is 296 g/mol. The largest absolute Gasteiger partial charge is 0.486 e. The second-order valence-corrected chi connectivity index (χ2v) is 5.26. The number of nitrogens with one attached hydrogen (secondary N) is 2. The summed E-state index contributed by atoms with van der Waals surface area (Å²) in [6.45, 7) is 2.56. The van der Waals surface area contributed by atoms with Gasteiger partial charge in [-0.15, -0.1) is 11.8 Å². The number of fused-ring (bicyclic) bond motifs is 1. The maximum absolute atomic E-state index is 11.1. The zero-order valence-corrected chi connectivity index (χ0v) is 12.6. The number of amides is 1. The van der Waals surface area contributed by atoms with Crippen LogP contribution in [0.2, 0.25) is 0 Å². The van der Waals surface area contributed by atoms with Crippen LogP contribution in [-0.4, -0.2) is 39.0 Å². The predicted molar refractivity (Wildman–Crippen MR) is 79.6 cm³/mol. The van der Waals surface area contributed by atoms with E-state index in [4.69, 9.17) is 9.47 Å². The number of carbonyl (C=O) groups is 1. The lowest BCUT2D eigenvalue weighted by Gasteiger charge is -2.21. The van der Waals surface area contributed by atoms with Crippen LogP contribution in [0.15, 0.2) is 17.0 Å². The van der Waals surface area contributed by atoms with E-state index >= 15 is 0 Å². The van der Waals surface area contributed by atoms with Gasteiger partial charge in [-0.1, -0.05) is 0 Å². The summed E-state index contributed by atoms with van der Waals surface area (Å²) in [5, 5.41) is 5.89. The number of hydrogen-bond donors (Lipinski definition) is 2. The fourth-order valence-corrected chi connectivity index (χ4v) is 2.61. The first-order valence-corrected chi connectivity index (χ1v) is 7.85. The zero-order valence-electron chi connectivity index (χ0n) is 11.8. The van der Waals surface area contributed by atoms with Gasteiger partial charge in [0.15, 0.2) is 11.5 Å². The normalized spacial score (nSPS) is 13.1. The van der Waals surface area contributed by atoms with Crippen molar-refractivity contribution in [2.75, 3.05) is 33.1 Å². The number of ether oxygens (including phenoxy) is 2. The van der Waals surface area contributed by atoms with Gasteiger partial charge in [0.2, 0.25) is 5.91 Å². The van der Waals surface area contributed by atoms with Crippen LogP contribution in [0, 0.1) is 0 Å². The van der Waals surface area contributed by atoms with Gasteiger partial charge >= 0.3 is 0 Å². The lowest BCUT2D eigenvalue weighted by molar-refractivity contribution is -0.120. The van der Waals surface area contributed by atoms with Gasteiger partial charge in [-0.25, -0.2) is 0 Å². The highest BCUT2D eigenvalue weighted by atomic mass is 32.2. The highest BCUT2D eigenvalue weighted by molar-refractivity contribution is 7.98. The van der Waals surface area contributed by atoms with Gasteiger partial charge < -0.3 is 20.1 Å². The Bertz CT molecular complexity index is 480. The maximum atomic E-state index is 11.1. The third kappa shape index (κ3) is 3.80. The second kappa shape index (κ2) is 7.40. The summed E-state index contributed by atoms with van der Waals surface area (Å²) in [7, 11) is 1.65. The quantitative estimate of drug-likeness (QED) is 0.614. The summed E-state index contributed by atoms with van der Waals surface area (Å²) in [6.07, 6.45) is 2.52. The van der Waals surface area contributed by atoms with Crippen LogP contribution in [0.4, 0.5) is 0 Å². The van der Waals surface area contributed by atoms with Crippen molar-refractivity contribution in [3.8, 4) is 11.5 Å². The lowest BCUT2D eigenvalue weighted by atomic mass is 10.2. The highest BCUT2D eigenvalue weighted by Gasteiger charge is 2.15. The third-order valence-corrected chi connectivity index (χ3v) is 3.89. The predicted octanol–water partition coefficient (Wildman–Crippen LogP) is 1.41. The molecule has 0 fully saturated rings. The molecule has 0 radical (unpaired) electrons. The number of thioether (sulfide) groups is 1. The Labute approximate surface area is 123 Å². The Balaban J connectivity index is 1.97. The molecular formula is C14H20N2O3S. The molecule has 0 aromatic heterocycles.